The van der Waals surface area contributed by atoms with E-state index in [1.807, 2.05) is 19.1 Å². The predicted molar refractivity (Wildman–Crippen MR) is 119 cm³/mol. The number of aryl methyl sites for hydroxylation is 3. The SMILES string of the molecule is CC(O)CCC(C)O.Cc1cc(C)c(C(=O)C(=O)O)c(C)c1.O=C(O)c1ccccc1. The van der Waals surface area contributed by atoms with Crippen molar-refractivity contribution in [3.05, 3.63) is 70.3 Å². The highest BCUT2D eigenvalue weighted by atomic mass is 16.4. The topological polar surface area (TPSA) is 132 Å². The van der Waals surface area contributed by atoms with E-state index in [1.54, 1.807) is 58.0 Å². The number of carbonyl (C=O) groups excluding carboxylic acids is 1. The maximum absolute atomic E-state index is 11.3. The second kappa shape index (κ2) is 14.1. The molecule has 2 unspecified atom stereocenters. The fourth-order valence-corrected chi connectivity index (χ4v) is 2.71. The number of hydrogen-bond acceptors (Lipinski definition) is 5. The van der Waals surface area contributed by atoms with Crippen LogP contribution in [0.25, 0.3) is 0 Å². The number of Topliss-reactive ketones (excluding diaryl/α,β-unsaturated/α-hetero) is 1. The molecule has 4 N–H and O–H groups in total. The molecule has 7 nitrogen and oxygen atoms in total. The Hall–Kier alpha value is -3.03. The van der Waals surface area contributed by atoms with Crippen LogP contribution in [-0.4, -0.2) is 50.4 Å². The fraction of sp³-hybridized carbons (Fsp3) is 0.375. The summed E-state index contributed by atoms with van der Waals surface area (Å²) in [4.78, 5) is 32.0. The van der Waals surface area contributed by atoms with E-state index < -0.39 is 17.7 Å². The fourth-order valence-electron chi connectivity index (χ4n) is 2.71. The Labute approximate surface area is 183 Å². The molecule has 0 fully saturated rings. The first-order valence-corrected chi connectivity index (χ1v) is 9.86. The average molecular weight is 433 g/mol. The number of benzene rings is 2. The van der Waals surface area contributed by atoms with Gasteiger partial charge in [-0.3, -0.25) is 4.79 Å². The summed E-state index contributed by atoms with van der Waals surface area (Å²) in [6.07, 6.45) is 0.837. The molecule has 0 saturated heterocycles. The number of carboxylic acid groups (broad SMARTS) is 2. The maximum atomic E-state index is 11.3. The third-order valence-corrected chi connectivity index (χ3v) is 4.12. The molecule has 31 heavy (non-hydrogen) atoms. The number of rotatable bonds is 6. The normalized spacial score (nSPS) is 11.7. The molecule has 0 radical (unpaired) electrons. The summed E-state index contributed by atoms with van der Waals surface area (Å²) in [5, 5.41) is 34.4. The van der Waals surface area contributed by atoms with Gasteiger partial charge in [0.1, 0.15) is 0 Å². The largest absolute Gasteiger partial charge is 0.478 e. The molecular formula is C24H32O7. The van der Waals surface area contributed by atoms with Crippen LogP contribution in [0.15, 0.2) is 42.5 Å². The second-order valence-electron chi connectivity index (χ2n) is 7.35. The van der Waals surface area contributed by atoms with E-state index in [9.17, 15) is 14.4 Å². The van der Waals surface area contributed by atoms with Gasteiger partial charge >= 0.3 is 11.9 Å². The molecule has 2 rings (SSSR count). The van der Waals surface area contributed by atoms with Gasteiger partial charge in [0.15, 0.2) is 0 Å². The van der Waals surface area contributed by atoms with Gasteiger partial charge in [0.25, 0.3) is 5.78 Å². The lowest BCUT2D eigenvalue weighted by atomic mass is 9.97. The molecule has 0 aromatic heterocycles. The zero-order valence-corrected chi connectivity index (χ0v) is 18.6. The van der Waals surface area contributed by atoms with Gasteiger partial charge in [-0.15, -0.1) is 0 Å². The number of aliphatic carboxylic acids is 1. The van der Waals surface area contributed by atoms with Crippen molar-refractivity contribution < 1.29 is 34.8 Å². The number of aliphatic hydroxyl groups is 2. The smallest absolute Gasteiger partial charge is 0.377 e. The van der Waals surface area contributed by atoms with E-state index in [2.05, 4.69) is 0 Å². The highest BCUT2D eigenvalue weighted by Crippen LogP contribution is 2.16. The Morgan fingerprint density at radius 2 is 1.23 bits per heavy atom. The van der Waals surface area contributed by atoms with Gasteiger partial charge in [0.2, 0.25) is 0 Å². The lowest BCUT2D eigenvalue weighted by molar-refractivity contribution is -0.131. The van der Waals surface area contributed by atoms with Gasteiger partial charge < -0.3 is 20.4 Å². The van der Waals surface area contributed by atoms with Crippen molar-refractivity contribution in [3.8, 4) is 0 Å². The van der Waals surface area contributed by atoms with Crippen molar-refractivity contribution >= 4 is 17.7 Å². The third-order valence-electron chi connectivity index (χ3n) is 4.12. The van der Waals surface area contributed by atoms with E-state index in [0.29, 0.717) is 24.0 Å². The summed E-state index contributed by atoms with van der Waals surface area (Å²) in [6.45, 7) is 8.85. The van der Waals surface area contributed by atoms with Crippen molar-refractivity contribution in [1.29, 1.82) is 0 Å². The Morgan fingerprint density at radius 3 is 1.52 bits per heavy atom. The van der Waals surface area contributed by atoms with Crippen molar-refractivity contribution in [2.45, 2.75) is 59.7 Å². The number of hydrogen-bond donors (Lipinski definition) is 4. The first-order chi connectivity index (χ1) is 14.4. The monoisotopic (exact) mass is 432 g/mol. The van der Waals surface area contributed by atoms with Crippen molar-refractivity contribution in [2.75, 3.05) is 0 Å². The van der Waals surface area contributed by atoms with E-state index in [0.717, 1.165) is 16.7 Å². The third kappa shape index (κ3) is 11.7. The quantitative estimate of drug-likeness (QED) is 0.403. The van der Waals surface area contributed by atoms with Gasteiger partial charge in [-0.2, -0.15) is 0 Å². The molecule has 0 amide bonds. The van der Waals surface area contributed by atoms with Gasteiger partial charge in [-0.05, 0) is 70.7 Å². The van der Waals surface area contributed by atoms with Crippen LogP contribution in [0.3, 0.4) is 0 Å². The molecule has 170 valence electrons. The minimum Gasteiger partial charge on any atom is -0.478 e. The first-order valence-electron chi connectivity index (χ1n) is 9.86. The summed E-state index contributed by atoms with van der Waals surface area (Å²) in [6, 6.07) is 11.9. The average Bonchev–Trinajstić information content (AvgIpc) is 2.67. The zero-order chi connectivity index (χ0) is 24.1. The Bertz CT molecular complexity index is 824. The number of ketones is 1. The molecule has 0 aliphatic rings. The van der Waals surface area contributed by atoms with Crippen LogP contribution >= 0.6 is 0 Å². The van der Waals surface area contributed by atoms with Gasteiger partial charge in [0.05, 0.1) is 17.8 Å². The second-order valence-corrected chi connectivity index (χ2v) is 7.35. The van der Waals surface area contributed by atoms with Crippen LogP contribution in [0, 0.1) is 20.8 Å². The predicted octanol–water partition coefficient (Wildman–Crippen LogP) is 3.79. The van der Waals surface area contributed by atoms with Crippen LogP contribution < -0.4 is 0 Å². The number of aromatic carboxylic acids is 1. The summed E-state index contributed by atoms with van der Waals surface area (Å²) < 4.78 is 0. The van der Waals surface area contributed by atoms with Crippen molar-refractivity contribution in [3.63, 3.8) is 0 Å². The van der Waals surface area contributed by atoms with Crippen molar-refractivity contribution in [2.24, 2.45) is 0 Å². The van der Waals surface area contributed by atoms with Gasteiger partial charge in [0, 0.05) is 5.56 Å². The molecule has 0 bridgehead atoms. The zero-order valence-electron chi connectivity index (χ0n) is 18.6. The molecule has 0 saturated carbocycles. The molecule has 0 spiro atoms. The van der Waals surface area contributed by atoms with Crippen LogP contribution in [0.5, 0.6) is 0 Å². The van der Waals surface area contributed by atoms with E-state index in [1.165, 1.54) is 0 Å². The van der Waals surface area contributed by atoms with Gasteiger partial charge in [-0.1, -0.05) is 35.9 Å². The summed E-state index contributed by atoms with van der Waals surface area (Å²) in [5.41, 5.74) is 3.10. The molecule has 0 aliphatic heterocycles. The number of aliphatic hydroxyl groups excluding tert-OH is 2. The summed E-state index contributed by atoms with van der Waals surface area (Å²) >= 11 is 0. The molecule has 0 heterocycles. The number of carboxylic acids is 2. The maximum Gasteiger partial charge on any atom is 0.377 e. The standard InChI is InChI=1S/C11H12O3.C7H6O2.C6H14O2/c1-6-4-7(2)9(8(3)5-6)10(12)11(13)14;8-7(9)6-4-2-1-3-5-6;1-5(7)3-4-6(2)8/h4-5H,1-3H3,(H,13,14);1-5H,(H,8,9);5-8H,3-4H2,1-2H3. The van der Waals surface area contributed by atoms with Gasteiger partial charge in [-0.25, -0.2) is 9.59 Å². The van der Waals surface area contributed by atoms with Crippen molar-refractivity contribution in [1.82, 2.24) is 0 Å². The minimum atomic E-state index is -1.40. The van der Waals surface area contributed by atoms with E-state index >= 15 is 0 Å². The molecule has 2 aromatic carbocycles. The Balaban J connectivity index is 0.000000461. The van der Waals surface area contributed by atoms with Crippen LogP contribution in [0.1, 0.15) is 64.1 Å². The molecular weight excluding hydrogens is 400 g/mol. The van der Waals surface area contributed by atoms with E-state index in [-0.39, 0.29) is 12.2 Å². The van der Waals surface area contributed by atoms with Crippen LogP contribution in [0.4, 0.5) is 0 Å². The highest BCUT2D eigenvalue weighted by Gasteiger charge is 2.19. The Kier molecular flexibility index (Phi) is 12.7. The lowest BCUT2D eigenvalue weighted by Crippen LogP contribution is -2.15. The molecule has 2 atom stereocenters. The number of carbonyl (C=O) groups is 3. The molecule has 0 aliphatic carbocycles. The summed E-state index contributed by atoms with van der Waals surface area (Å²) in [7, 11) is 0. The summed E-state index contributed by atoms with van der Waals surface area (Å²) in [5.74, 6) is -3.12. The molecule has 2 aromatic rings. The van der Waals surface area contributed by atoms with Crippen LogP contribution in [0.2, 0.25) is 0 Å². The lowest BCUT2D eigenvalue weighted by Gasteiger charge is -2.07. The minimum absolute atomic E-state index is 0.274. The van der Waals surface area contributed by atoms with E-state index in [4.69, 9.17) is 20.4 Å². The molecule has 7 heteroatoms. The highest BCUT2D eigenvalue weighted by molar-refractivity contribution is 6.40. The van der Waals surface area contributed by atoms with Crippen LogP contribution in [-0.2, 0) is 4.79 Å². The Morgan fingerprint density at radius 1 is 0.806 bits per heavy atom. The first kappa shape index (κ1) is 28.0.